The van der Waals surface area contributed by atoms with Crippen LogP contribution in [0.4, 0.5) is 0 Å². The number of piperidine rings is 1. The predicted octanol–water partition coefficient (Wildman–Crippen LogP) is 3.21. The third-order valence-corrected chi connectivity index (χ3v) is 3.73. The van der Waals surface area contributed by atoms with Crippen molar-refractivity contribution in [3.8, 4) is 11.3 Å². The molecule has 1 atom stereocenters. The van der Waals surface area contributed by atoms with Gasteiger partial charge in [0.25, 0.3) is 5.91 Å². The van der Waals surface area contributed by atoms with Crippen LogP contribution in [0.15, 0.2) is 40.9 Å². The quantitative estimate of drug-likeness (QED) is 0.841. The largest absolute Gasteiger partial charge is 0.355 e. The van der Waals surface area contributed by atoms with Crippen LogP contribution < -0.4 is 0 Å². The van der Waals surface area contributed by atoms with E-state index in [1.54, 1.807) is 6.07 Å². The molecule has 1 aromatic carbocycles. The van der Waals surface area contributed by atoms with Crippen LogP contribution in [-0.2, 0) is 0 Å². The van der Waals surface area contributed by atoms with E-state index in [9.17, 15) is 4.79 Å². The van der Waals surface area contributed by atoms with Gasteiger partial charge in [0.1, 0.15) is 0 Å². The number of carbonyl (C=O) groups excluding carboxylic acids is 1. The van der Waals surface area contributed by atoms with Gasteiger partial charge in [0.2, 0.25) is 0 Å². The van der Waals surface area contributed by atoms with Gasteiger partial charge < -0.3 is 9.42 Å². The number of benzene rings is 1. The summed E-state index contributed by atoms with van der Waals surface area (Å²) in [5.74, 6) is 1.18. The second-order valence-electron chi connectivity index (χ2n) is 5.44. The summed E-state index contributed by atoms with van der Waals surface area (Å²) in [6.07, 6.45) is 2.26. The number of likely N-dealkylation sites (tertiary alicyclic amines) is 1. The number of nitrogens with zero attached hydrogens (tertiary/aromatic N) is 2. The van der Waals surface area contributed by atoms with Crippen LogP contribution in [0, 0.1) is 5.92 Å². The van der Waals surface area contributed by atoms with E-state index in [2.05, 4.69) is 12.1 Å². The topological polar surface area (TPSA) is 46.3 Å². The van der Waals surface area contributed by atoms with Crippen LogP contribution in [0.1, 0.15) is 30.3 Å². The normalized spacial score (nSPS) is 19.1. The Kier molecular flexibility index (Phi) is 3.54. The minimum absolute atomic E-state index is 0.0255. The average Bonchev–Trinajstić information content (AvgIpc) is 2.97. The zero-order chi connectivity index (χ0) is 13.9. The van der Waals surface area contributed by atoms with Gasteiger partial charge in [-0.2, -0.15) is 0 Å². The molecule has 1 aromatic heterocycles. The van der Waals surface area contributed by atoms with Gasteiger partial charge in [0.05, 0.1) is 0 Å². The molecular weight excluding hydrogens is 252 g/mol. The molecular formula is C16H18N2O2. The molecule has 0 aliphatic carbocycles. The molecule has 0 saturated carbocycles. The average molecular weight is 270 g/mol. The summed E-state index contributed by atoms with van der Waals surface area (Å²) in [6.45, 7) is 3.81. The van der Waals surface area contributed by atoms with Gasteiger partial charge in [-0.15, -0.1) is 0 Å². The molecule has 4 heteroatoms. The lowest BCUT2D eigenvalue weighted by Crippen LogP contribution is -2.39. The molecule has 0 radical (unpaired) electrons. The van der Waals surface area contributed by atoms with Crippen molar-refractivity contribution in [1.29, 1.82) is 0 Å². The molecule has 20 heavy (non-hydrogen) atoms. The van der Waals surface area contributed by atoms with Gasteiger partial charge in [-0.3, -0.25) is 4.79 Å². The molecule has 0 spiro atoms. The number of rotatable bonds is 2. The van der Waals surface area contributed by atoms with Crippen molar-refractivity contribution in [1.82, 2.24) is 10.1 Å². The molecule has 0 N–H and O–H groups in total. The smallest absolute Gasteiger partial charge is 0.276 e. The maximum atomic E-state index is 12.4. The molecule has 1 fully saturated rings. The van der Waals surface area contributed by atoms with E-state index >= 15 is 0 Å². The summed E-state index contributed by atoms with van der Waals surface area (Å²) in [6, 6.07) is 11.4. The molecule has 1 saturated heterocycles. The molecule has 3 rings (SSSR count). The highest BCUT2D eigenvalue weighted by Crippen LogP contribution is 2.22. The van der Waals surface area contributed by atoms with Crippen LogP contribution in [0.5, 0.6) is 0 Å². The van der Waals surface area contributed by atoms with E-state index in [4.69, 9.17) is 4.52 Å². The summed E-state index contributed by atoms with van der Waals surface area (Å²) in [5, 5.41) is 3.93. The fourth-order valence-electron chi connectivity index (χ4n) is 2.65. The third-order valence-electron chi connectivity index (χ3n) is 3.73. The van der Waals surface area contributed by atoms with Gasteiger partial charge in [0, 0.05) is 24.7 Å². The first-order valence-corrected chi connectivity index (χ1v) is 7.05. The lowest BCUT2D eigenvalue weighted by atomic mass is 10.00. The lowest BCUT2D eigenvalue weighted by molar-refractivity contribution is 0.0672. The van der Waals surface area contributed by atoms with Crippen LogP contribution >= 0.6 is 0 Å². The summed E-state index contributed by atoms with van der Waals surface area (Å²) >= 11 is 0. The SMILES string of the molecule is CC1CCCN(C(=O)c2cc(-c3ccccc3)on2)C1. The second-order valence-corrected chi connectivity index (χ2v) is 5.44. The monoisotopic (exact) mass is 270 g/mol. The Morgan fingerprint density at radius 3 is 2.90 bits per heavy atom. The fourth-order valence-corrected chi connectivity index (χ4v) is 2.65. The van der Waals surface area contributed by atoms with Gasteiger partial charge in [-0.05, 0) is 18.8 Å². The summed E-state index contributed by atoms with van der Waals surface area (Å²) in [7, 11) is 0. The molecule has 4 nitrogen and oxygen atoms in total. The summed E-state index contributed by atoms with van der Waals surface area (Å²) in [4.78, 5) is 14.3. The molecule has 104 valence electrons. The third kappa shape index (κ3) is 2.59. The molecule has 1 aliphatic heterocycles. The first-order valence-electron chi connectivity index (χ1n) is 7.05. The van der Waals surface area contributed by atoms with E-state index in [1.807, 2.05) is 35.2 Å². The van der Waals surface area contributed by atoms with E-state index in [-0.39, 0.29) is 5.91 Å². The van der Waals surface area contributed by atoms with Crippen molar-refractivity contribution in [3.05, 3.63) is 42.1 Å². The number of carbonyl (C=O) groups is 1. The van der Waals surface area contributed by atoms with Gasteiger partial charge in [-0.1, -0.05) is 42.4 Å². The number of aromatic nitrogens is 1. The standard InChI is InChI=1S/C16H18N2O2/c1-12-6-5-9-18(11-12)16(19)14-10-15(20-17-14)13-7-3-2-4-8-13/h2-4,7-8,10,12H,5-6,9,11H2,1H3. The zero-order valence-corrected chi connectivity index (χ0v) is 11.6. The molecule has 2 aromatic rings. The van der Waals surface area contributed by atoms with Gasteiger partial charge in [0.15, 0.2) is 11.5 Å². The minimum Gasteiger partial charge on any atom is -0.355 e. The first kappa shape index (κ1) is 12.9. The van der Waals surface area contributed by atoms with Crippen molar-refractivity contribution in [3.63, 3.8) is 0 Å². The maximum Gasteiger partial charge on any atom is 0.276 e. The van der Waals surface area contributed by atoms with Crippen molar-refractivity contribution in [2.24, 2.45) is 5.92 Å². The second kappa shape index (κ2) is 5.49. The predicted molar refractivity (Wildman–Crippen MR) is 76.2 cm³/mol. The summed E-state index contributed by atoms with van der Waals surface area (Å²) < 4.78 is 5.29. The van der Waals surface area contributed by atoms with Crippen LogP contribution in [-0.4, -0.2) is 29.1 Å². The Hall–Kier alpha value is -2.10. The Morgan fingerprint density at radius 2 is 2.15 bits per heavy atom. The molecule has 1 unspecified atom stereocenters. The Bertz CT molecular complexity index is 592. The number of hydrogen-bond donors (Lipinski definition) is 0. The highest BCUT2D eigenvalue weighted by atomic mass is 16.5. The van der Waals surface area contributed by atoms with Gasteiger partial charge >= 0.3 is 0 Å². The minimum atomic E-state index is -0.0255. The Labute approximate surface area is 118 Å². The van der Waals surface area contributed by atoms with Crippen LogP contribution in [0.25, 0.3) is 11.3 Å². The summed E-state index contributed by atoms with van der Waals surface area (Å²) in [5.41, 5.74) is 1.34. The van der Waals surface area contributed by atoms with E-state index in [0.717, 1.165) is 25.1 Å². The number of hydrogen-bond acceptors (Lipinski definition) is 3. The Morgan fingerprint density at radius 1 is 1.35 bits per heavy atom. The van der Waals surface area contributed by atoms with E-state index in [0.29, 0.717) is 17.4 Å². The molecule has 0 bridgehead atoms. The number of amides is 1. The van der Waals surface area contributed by atoms with Crippen LogP contribution in [0.3, 0.4) is 0 Å². The van der Waals surface area contributed by atoms with Gasteiger partial charge in [-0.25, -0.2) is 0 Å². The fraction of sp³-hybridized carbons (Fsp3) is 0.375. The molecule has 2 heterocycles. The molecule has 1 aliphatic rings. The van der Waals surface area contributed by atoms with Crippen molar-refractivity contribution in [2.45, 2.75) is 19.8 Å². The lowest BCUT2D eigenvalue weighted by Gasteiger charge is -2.30. The van der Waals surface area contributed by atoms with Crippen molar-refractivity contribution >= 4 is 5.91 Å². The highest BCUT2D eigenvalue weighted by molar-refractivity contribution is 5.93. The van der Waals surface area contributed by atoms with Crippen LogP contribution in [0.2, 0.25) is 0 Å². The zero-order valence-electron chi connectivity index (χ0n) is 11.6. The van der Waals surface area contributed by atoms with Crippen molar-refractivity contribution in [2.75, 3.05) is 13.1 Å². The van der Waals surface area contributed by atoms with Crippen molar-refractivity contribution < 1.29 is 9.32 Å². The Balaban J connectivity index is 1.78. The highest BCUT2D eigenvalue weighted by Gasteiger charge is 2.24. The maximum absolute atomic E-state index is 12.4. The van der Waals surface area contributed by atoms with E-state index < -0.39 is 0 Å². The molecule has 1 amide bonds. The first-order chi connectivity index (χ1) is 9.74. The van der Waals surface area contributed by atoms with E-state index in [1.165, 1.54) is 6.42 Å².